The quantitative estimate of drug-likeness (QED) is 0.731. The molecule has 3 aliphatic rings. The lowest BCUT2D eigenvalue weighted by Crippen LogP contribution is -2.42. The number of aryl methyl sites for hydroxylation is 2. The van der Waals surface area contributed by atoms with Crippen LogP contribution in [0.3, 0.4) is 0 Å². The Morgan fingerprint density at radius 1 is 1.19 bits per heavy atom. The van der Waals surface area contributed by atoms with Crippen molar-refractivity contribution in [1.82, 2.24) is 0 Å². The summed E-state index contributed by atoms with van der Waals surface area (Å²) in [6.45, 7) is 4.50. The topological polar surface area (TPSA) is 17.1 Å². The fourth-order valence-corrected chi connectivity index (χ4v) is 5.63. The number of benzene rings is 1. The molecule has 2 saturated carbocycles. The van der Waals surface area contributed by atoms with E-state index in [0.717, 1.165) is 37.5 Å². The van der Waals surface area contributed by atoms with Gasteiger partial charge in [0.2, 0.25) is 0 Å². The molecular formula is C20H26O. The number of carbonyl (C=O) groups excluding carboxylic acids is 1. The summed E-state index contributed by atoms with van der Waals surface area (Å²) in [5.74, 6) is 2.69. The lowest BCUT2D eigenvalue weighted by atomic mass is 9.55. The number of rotatable bonds is 1. The average molecular weight is 282 g/mol. The molecule has 112 valence electrons. The highest BCUT2D eigenvalue weighted by molar-refractivity contribution is 5.87. The van der Waals surface area contributed by atoms with E-state index < -0.39 is 0 Å². The highest BCUT2D eigenvalue weighted by Gasteiger charge is 2.54. The molecule has 2 fully saturated rings. The molecule has 0 amide bonds. The minimum absolute atomic E-state index is 0.0159. The fraction of sp³-hybridized carbons (Fsp3) is 0.650. The van der Waals surface area contributed by atoms with E-state index in [1.54, 1.807) is 11.1 Å². The van der Waals surface area contributed by atoms with Gasteiger partial charge in [-0.3, -0.25) is 4.79 Å². The molecule has 0 bridgehead atoms. The van der Waals surface area contributed by atoms with E-state index in [0.29, 0.717) is 11.7 Å². The molecule has 1 aromatic rings. The van der Waals surface area contributed by atoms with E-state index in [2.05, 4.69) is 32.0 Å². The van der Waals surface area contributed by atoms with Gasteiger partial charge >= 0.3 is 0 Å². The monoisotopic (exact) mass is 282 g/mol. The third-order valence-electron chi connectivity index (χ3n) is 6.91. The lowest BCUT2D eigenvalue weighted by Gasteiger charge is -2.48. The second-order valence-corrected chi connectivity index (χ2v) is 7.72. The van der Waals surface area contributed by atoms with Crippen molar-refractivity contribution in [1.29, 1.82) is 0 Å². The summed E-state index contributed by atoms with van der Waals surface area (Å²) in [6.07, 6.45) is 8.00. The zero-order chi connectivity index (χ0) is 14.6. The third-order valence-corrected chi connectivity index (χ3v) is 6.91. The van der Waals surface area contributed by atoms with Gasteiger partial charge in [-0.2, -0.15) is 0 Å². The van der Waals surface area contributed by atoms with Crippen molar-refractivity contribution in [2.24, 2.45) is 17.3 Å². The molecule has 4 atom stereocenters. The third kappa shape index (κ3) is 1.86. The van der Waals surface area contributed by atoms with Crippen molar-refractivity contribution in [3.05, 3.63) is 34.9 Å². The number of hydrogen-bond acceptors (Lipinski definition) is 1. The Bertz CT molecular complexity index is 588. The van der Waals surface area contributed by atoms with Gasteiger partial charge in [-0.15, -0.1) is 0 Å². The van der Waals surface area contributed by atoms with E-state index >= 15 is 0 Å². The first-order valence-corrected chi connectivity index (χ1v) is 8.78. The van der Waals surface area contributed by atoms with Crippen molar-refractivity contribution in [3.63, 3.8) is 0 Å². The van der Waals surface area contributed by atoms with Gasteiger partial charge in [0.1, 0.15) is 5.78 Å². The van der Waals surface area contributed by atoms with Gasteiger partial charge < -0.3 is 0 Å². The van der Waals surface area contributed by atoms with Gasteiger partial charge in [-0.05, 0) is 73.0 Å². The maximum absolute atomic E-state index is 12.3. The molecule has 4 rings (SSSR count). The Kier molecular flexibility index (Phi) is 3.03. The molecule has 0 radical (unpaired) electrons. The number of fused-ring (bicyclic) bond motifs is 5. The smallest absolute Gasteiger partial charge is 0.139 e. The average Bonchev–Trinajstić information content (AvgIpc) is 2.82. The van der Waals surface area contributed by atoms with Crippen LogP contribution >= 0.6 is 0 Å². The van der Waals surface area contributed by atoms with E-state index in [1.165, 1.54) is 24.8 Å². The summed E-state index contributed by atoms with van der Waals surface area (Å²) in [5.41, 5.74) is 4.71. The number of Topliss-reactive ketones (excluding diaryl/α,β-unsaturated/α-hetero) is 1. The van der Waals surface area contributed by atoms with Crippen LogP contribution in [0, 0.1) is 17.3 Å². The summed E-state index contributed by atoms with van der Waals surface area (Å²) in [4.78, 5) is 12.3. The molecule has 1 nitrogen and oxygen atoms in total. The molecular weight excluding hydrogens is 256 g/mol. The lowest BCUT2D eigenvalue weighted by molar-refractivity contribution is -0.129. The zero-order valence-corrected chi connectivity index (χ0v) is 13.3. The van der Waals surface area contributed by atoms with Crippen LogP contribution in [-0.4, -0.2) is 5.78 Å². The second-order valence-electron chi connectivity index (χ2n) is 7.72. The first-order valence-electron chi connectivity index (χ1n) is 8.78. The van der Waals surface area contributed by atoms with Gasteiger partial charge in [-0.1, -0.05) is 32.0 Å². The summed E-state index contributed by atoms with van der Waals surface area (Å²) in [6, 6.07) is 7.18. The van der Waals surface area contributed by atoms with Crippen LogP contribution in [0.15, 0.2) is 18.2 Å². The minimum atomic E-state index is 0.0159. The molecule has 0 saturated heterocycles. The Balaban J connectivity index is 1.70. The predicted octanol–water partition coefficient (Wildman–Crippen LogP) is 4.67. The van der Waals surface area contributed by atoms with Crippen LogP contribution in [-0.2, 0) is 17.6 Å². The summed E-state index contributed by atoms with van der Waals surface area (Å²) in [7, 11) is 0. The molecule has 1 aromatic carbocycles. The zero-order valence-electron chi connectivity index (χ0n) is 13.3. The van der Waals surface area contributed by atoms with Gasteiger partial charge in [-0.25, -0.2) is 0 Å². The molecule has 21 heavy (non-hydrogen) atoms. The Labute approximate surface area is 128 Å². The molecule has 0 heterocycles. The van der Waals surface area contributed by atoms with Crippen LogP contribution in [0.5, 0.6) is 0 Å². The van der Waals surface area contributed by atoms with Crippen LogP contribution < -0.4 is 0 Å². The summed E-state index contributed by atoms with van der Waals surface area (Å²) in [5, 5.41) is 0. The molecule has 0 N–H and O–H groups in total. The highest BCUT2D eigenvalue weighted by Crippen LogP contribution is 2.59. The molecule has 0 aliphatic heterocycles. The molecule has 4 unspecified atom stereocenters. The molecule has 3 aliphatic carbocycles. The van der Waals surface area contributed by atoms with Gasteiger partial charge in [0.05, 0.1) is 0 Å². The summed E-state index contributed by atoms with van der Waals surface area (Å²) >= 11 is 0. The van der Waals surface area contributed by atoms with E-state index in [-0.39, 0.29) is 5.41 Å². The fourth-order valence-electron chi connectivity index (χ4n) is 5.63. The van der Waals surface area contributed by atoms with Gasteiger partial charge in [0, 0.05) is 11.8 Å². The Morgan fingerprint density at radius 2 is 2.05 bits per heavy atom. The Morgan fingerprint density at radius 3 is 2.86 bits per heavy atom. The van der Waals surface area contributed by atoms with Gasteiger partial charge in [0.15, 0.2) is 0 Å². The van der Waals surface area contributed by atoms with Crippen molar-refractivity contribution in [2.45, 2.75) is 64.7 Å². The Hall–Kier alpha value is -1.11. The molecule has 1 heteroatoms. The van der Waals surface area contributed by atoms with Crippen LogP contribution in [0.1, 0.15) is 68.6 Å². The van der Waals surface area contributed by atoms with Crippen molar-refractivity contribution >= 4 is 5.78 Å². The van der Waals surface area contributed by atoms with Crippen molar-refractivity contribution in [2.75, 3.05) is 0 Å². The number of hydrogen-bond donors (Lipinski definition) is 0. The molecule has 0 spiro atoms. The minimum Gasteiger partial charge on any atom is -0.299 e. The van der Waals surface area contributed by atoms with Crippen LogP contribution in [0.2, 0.25) is 0 Å². The second kappa shape index (κ2) is 4.69. The van der Waals surface area contributed by atoms with Crippen LogP contribution in [0.25, 0.3) is 0 Å². The maximum Gasteiger partial charge on any atom is 0.139 e. The maximum atomic E-state index is 12.3. The van der Waals surface area contributed by atoms with E-state index in [9.17, 15) is 4.79 Å². The standard InChI is InChI=1S/C20H26O/c1-3-13-4-6-15-14(12-13)5-7-17-16(15)10-11-20(2)18(17)8-9-19(20)21/h4,6,12,16-18H,3,5,7-11H2,1-2H3. The highest BCUT2D eigenvalue weighted by atomic mass is 16.1. The first kappa shape index (κ1) is 13.5. The van der Waals surface area contributed by atoms with Crippen molar-refractivity contribution in [3.8, 4) is 0 Å². The SMILES string of the molecule is CCc1ccc2c(c1)CCC1C2CCC2(C)C(=O)CCC12. The normalized spacial score (nSPS) is 37.8. The summed E-state index contributed by atoms with van der Waals surface area (Å²) < 4.78 is 0. The molecule has 0 aromatic heterocycles. The van der Waals surface area contributed by atoms with E-state index in [1.807, 2.05) is 0 Å². The first-order chi connectivity index (χ1) is 10.1. The number of carbonyl (C=O) groups is 1. The predicted molar refractivity (Wildman–Crippen MR) is 85.4 cm³/mol. The van der Waals surface area contributed by atoms with E-state index in [4.69, 9.17) is 0 Å². The number of ketones is 1. The van der Waals surface area contributed by atoms with Crippen molar-refractivity contribution < 1.29 is 4.79 Å². The largest absolute Gasteiger partial charge is 0.299 e. The van der Waals surface area contributed by atoms with Crippen LogP contribution in [0.4, 0.5) is 0 Å². The van der Waals surface area contributed by atoms with Gasteiger partial charge in [0.25, 0.3) is 0 Å².